The lowest BCUT2D eigenvalue weighted by atomic mass is 10.3. The molecule has 5 heteroatoms. The van der Waals surface area contributed by atoms with Gasteiger partial charge in [0.25, 0.3) is 0 Å². The van der Waals surface area contributed by atoms with Gasteiger partial charge in [-0.2, -0.15) is 0 Å². The summed E-state index contributed by atoms with van der Waals surface area (Å²) in [5.41, 5.74) is 0.687. The zero-order chi connectivity index (χ0) is 14.1. The van der Waals surface area contributed by atoms with Gasteiger partial charge in [-0.3, -0.25) is 9.59 Å². The normalized spacial score (nSPS) is 10.8. The molecule has 0 saturated heterocycles. The molecule has 2 amide bonds. The van der Waals surface area contributed by atoms with Gasteiger partial charge in [0, 0.05) is 16.2 Å². The molecule has 0 fully saturated rings. The zero-order valence-electron chi connectivity index (χ0n) is 10.5. The molecule has 0 spiro atoms. The Morgan fingerprint density at radius 1 is 1.21 bits per heavy atom. The van der Waals surface area contributed by atoms with Crippen LogP contribution in [0.25, 0.3) is 0 Å². The van der Waals surface area contributed by atoms with E-state index in [1.54, 1.807) is 24.3 Å². The lowest BCUT2D eigenvalue weighted by molar-refractivity contribution is -0.121. The molecule has 1 aromatic rings. The molecular weight excluding hydrogens is 308 g/mol. The average Bonchev–Trinajstić information content (AvgIpc) is 2.39. The molecule has 0 aromatic heterocycles. The predicted octanol–water partition coefficient (Wildman–Crippen LogP) is 2.64. The number of anilines is 1. The van der Waals surface area contributed by atoms with Crippen LogP contribution in [0.1, 0.15) is 6.92 Å². The third-order valence-corrected chi connectivity index (χ3v) is 2.63. The van der Waals surface area contributed by atoms with E-state index >= 15 is 0 Å². The molecule has 19 heavy (non-hydrogen) atoms. The summed E-state index contributed by atoms with van der Waals surface area (Å²) >= 11 is 3.31. The van der Waals surface area contributed by atoms with Crippen molar-refractivity contribution in [1.82, 2.24) is 5.32 Å². The smallest absolute Gasteiger partial charge is 0.244 e. The minimum absolute atomic E-state index is 0.0604. The molecule has 0 aliphatic rings. The average molecular weight is 323 g/mol. The van der Waals surface area contributed by atoms with Crippen LogP contribution < -0.4 is 10.6 Å². The number of benzene rings is 1. The first kappa shape index (κ1) is 15.2. The van der Waals surface area contributed by atoms with Gasteiger partial charge in [-0.1, -0.05) is 34.2 Å². The number of amides is 2. The fraction of sp³-hybridized carbons (Fsp3) is 0.143. The van der Waals surface area contributed by atoms with Crippen molar-refractivity contribution < 1.29 is 9.59 Å². The number of hydrogen-bond acceptors (Lipinski definition) is 2. The number of allylic oxidation sites excluding steroid dienone is 3. The summed E-state index contributed by atoms with van der Waals surface area (Å²) in [6.45, 7) is 1.79. The highest BCUT2D eigenvalue weighted by molar-refractivity contribution is 9.10. The molecule has 0 unspecified atom stereocenters. The van der Waals surface area contributed by atoms with Gasteiger partial charge in [0.05, 0.1) is 6.54 Å². The summed E-state index contributed by atoms with van der Waals surface area (Å²) in [5, 5.41) is 5.17. The van der Waals surface area contributed by atoms with Crippen molar-refractivity contribution in [3.05, 3.63) is 53.0 Å². The van der Waals surface area contributed by atoms with Gasteiger partial charge in [0.15, 0.2) is 0 Å². The van der Waals surface area contributed by atoms with Gasteiger partial charge >= 0.3 is 0 Å². The number of rotatable bonds is 5. The van der Waals surface area contributed by atoms with E-state index in [1.165, 1.54) is 6.08 Å². The van der Waals surface area contributed by atoms with E-state index in [1.807, 2.05) is 25.1 Å². The third-order valence-electron chi connectivity index (χ3n) is 2.10. The first-order chi connectivity index (χ1) is 9.11. The van der Waals surface area contributed by atoms with E-state index in [2.05, 4.69) is 26.6 Å². The highest BCUT2D eigenvalue weighted by atomic mass is 79.9. The van der Waals surface area contributed by atoms with Gasteiger partial charge < -0.3 is 10.6 Å². The second kappa shape index (κ2) is 8.26. The summed E-state index contributed by atoms with van der Waals surface area (Å²) in [6, 6.07) is 7.20. The van der Waals surface area contributed by atoms with Crippen molar-refractivity contribution in [1.29, 1.82) is 0 Å². The molecule has 0 radical (unpaired) electrons. The van der Waals surface area contributed by atoms with Gasteiger partial charge in [-0.25, -0.2) is 0 Å². The van der Waals surface area contributed by atoms with Crippen LogP contribution in [0.5, 0.6) is 0 Å². The highest BCUT2D eigenvalue weighted by Gasteiger charge is 2.03. The molecule has 0 heterocycles. The monoisotopic (exact) mass is 322 g/mol. The second-order valence-electron chi connectivity index (χ2n) is 3.66. The highest BCUT2D eigenvalue weighted by Crippen LogP contribution is 2.13. The Morgan fingerprint density at radius 3 is 2.53 bits per heavy atom. The van der Waals surface area contributed by atoms with Crippen LogP contribution in [0.4, 0.5) is 5.69 Å². The number of halogens is 1. The predicted molar refractivity (Wildman–Crippen MR) is 79.7 cm³/mol. The van der Waals surface area contributed by atoms with Crippen molar-refractivity contribution in [2.24, 2.45) is 0 Å². The molecule has 0 atom stereocenters. The van der Waals surface area contributed by atoms with Gasteiger partial charge in [0.1, 0.15) is 0 Å². The molecule has 1 aromatic carbocycles. The van der Waals surface area contributed by atoms with Crippen molar-refractivity contribution >= 4 is 33.4 Å². The SMILES string of the molecule is C/C=C/C=C\C(=O)NCC(=O)Nc1ccc(Br)cc1. The maximum Gasteiger partial charge on any atom is 0.244 e. The van der Waals surface area contributed by atoms with E-state index < -0.39 is 0 Å². The van der Waals surface area contributed by atoms with Gasteiger partial charge in [0.2, 0.25) is 11.8 Å². The summed E-state index contributed by atoms with van der Waals surface area (Å²) in [4.78, 5) is 22.9. The van der Waals surface area contributed by atoms with Crippen LogP contribution in [0, 0.1) is 0 Å². The van der Waals surface area contributed by atoms with Crippen molar-refractivity contribution in [2.75, 3.05) is 11.9 Å². The van der Waals surface area contributed by atoms with E-state index in [4.69, 9.17) is 0 Å². The second-order valence-corrected chi connectivity index (χ2v) is 4.57. The van der Waals surface area contributed by atoms with Crippen molar-refractivity contribution in [3.8, 4) is 0 Å². The summed E-state index contributed by atoms with van der Waals surface area (Å²) in [6.07, 6.45) is 6.53. The zero-order valence-corrected chi connectivity index (χ0v) is 12.1. The third kappa shape index (κ3) is 6.57. The molecule has 1 rings (SSSR count). The van der Waals surface area contributed by atoms with Crippen LogP contribution in [0.2, 0.25) is 0 Å². The molecule has 4 nitrogen and oxygen atoms in total. The molecule has 0 aliphatic carbocycles. The quantitative estimate of drug-likeness (QED) is 0.646. The summed E-state index contributed by atoms with van der Waals surface area (Å²) in [5.74, 6) is -0.570. The lowest BCUT2D eigenvalue weighted by Gasteiger charge is -2.05. The minimum Gasteiger partial charge on any atom is -0.343 e. The number of carbonyl (C=O) groups excluding carboxylic acids is 2. The van der Waals surface area contributed by atoms with Gasteiger partial charge in [-0.15, -0.1) is 0 Å². The number of carbonyl (C=O) groups is 2. The Kier molecular flexibility index (Phi) is 6.60. The summed E-state index contributed by atoms with van der Waals surface area (Å²) < 4.78 is 0.938. The van der Waals surface area contributed by atoms with Crippen LogP contribution >= 0.6 is 15.9 Å². The molecule has 0 aliphatic heterocycles. The Hall–Kier alpha value is -1.88. The van der Waals surface area contributed by atoms with Crippen molar-refractivity contribution in [3.63, 3.8) is 0 Å². The first-order valence-electron chi connectivity index (χ1n) is 5.74. The number of hydrogen-bond donors (Lipinski definition) is 2. The van der Waals surface area contributed by atoms with Crippen LogP contribution in [0.3, 0.4) is 0 Å². The Bertz CT molecular complexity index is 493. The van der Waals surface area contributed by atoms with Gasteiger partial charge in [-0.05, 0) is 31.2 Å². The molecule has 100 valence electrons. The van der Waals surface area contributed by atoms with Crippen LogP contribution in [-0.4, -0.2) is 18.4 Å². The standard InChI is InChI=1S/C14H15BrN2O2/c1-2-3-4-5-13(18)16-10-14(19)17-12-8-6-11(15)7-9-12/h2-9H,10H2,1H3,(H,16,18)(H,17,19)/b3-2+,5-4-. The molecule has 2 N–H and O–H groups in total. The van der Waals surface area contributed by atoms with E-state index in [0.29, 0.717) is 5.69 Å². The Morgan fingerprint density at radius 2 is 1.89 bits per heavy atom. The largest absolute Gasteiger partial charge is 0.343 e. The molecular formula is C14H15BrN2O2. The first-order valence-corrected chi connectivity index (χ1v) is 6.53. The maximum atomic E-state index is 11.6. The molecule has 0 saturated carbocycles. The lowest BCUT2D eigenvalue weighted by Crippen LogP contribution is -2.31. The fourth-order valence-corrected chi connectivity index (χ4v) is 1.48. The Balaban J connectivity index is 2.35. The topological polar surface area (TPSA) is 58.2 Å². The fourth-order valence-electron chi connectivity index (χ4n) is 1.22. The Labute approximate surface area is 120 Å². The minimum atomic E-state index is -0.302. The summed E-state index contributed by atoms with van der Waals surface area (Å²) in [7, 11) is 0. The van der Waals surface area contributed by atoms with E-state index in [0.717, 1.165) is 4.47 Å². The molecule has 0 bridgehead atoms. The number of nitrogens with one attached hydrogen (secondary N) is 2. The van der Waals surface area contributed by atoms with E-state index in [9.17, 15) is 9.59 Å². The maximum absolute atomic E-state index is 11.6. The van der Waals surface area contributed by atoms with Crippen molar-refractivity contribution in [2.45, 2.75) is 6.92 Å². The van der Waals surface area contributed by atoms with Crippen LogP contribution in [0.15, 0.2) is 53.0 Å². The van der Waals surface area contributed by atoms with E-state index in [-0.39, 0.29) is 18.4 Å². The van der Waals surface area contributed by atoms with Crippen LogP contribution in [-0.2, 0) is 9.59 Å².